The largest absolute Gasteiger partial charge is 0.461 e. The van der Waals surface area contributed by atoms with E-state index < -0.39 is 47.2 Å². The summed E-state index contributed by atoms with van der Waals surface area (Å²) in [5.41, 5.74) is 5.97. The minimum atomic E-state index is -6.40. The molecule has 0 amide bonds. The molecule has 3 aromatic carbocycles. The van der Waals surface area contributed by atoms with E-state index in [0.29, 0.717) is 5.56 Å². The van der Waals surface area contributed by atoms with Crippen molar-refractivity contribution in [3.63, 3.8) is 0 Å². The van der Waals surface area contributed by atoms with E-state index in [1.165, 1.54) is 6.07 Å². The van der Waals surface area contributed by atoms with Crippen LogP contribution in [0.15, 0.2) is 79.0 Å². The average molecular weight is 842 g/mol. The molecule has 5 aromatic rings. The molecule has 4 nitrogen and oxygen atoms in total. The zero-order valence-electron chi connectivity index (χ0n) is 23.9. The van der Waals surface area contributed by atoms with Crippen molar-refractivity contribution in [1.82, 2.24) is 19.9 Å². The molecule has 0 fully saturated rings. The zero-order valence-corrected chi connectivity index (χ0v) is 26.3. The normalized spacial score (nSPS) is 12.5. The Labute approximate surface area is 274 Å². The fraction of sp³-hybridized carbons (Fsp3) is 0.188. The summed E-state index contributed by atoms with van der Waals surface area (Å²) in [6.07, 6.45) is -12.0. The fourth-order valence-corrected chi connectivity index (χ4v) is 4.59. The van der Waals surface area contributed by atoms with Crippen molar-refractivity contribution in [3.05, 3.63) is 108 Å². The number of aryl methyl sites for hydroxylation is 2. The van der Waals surface area contributed by atoms with Crippen LogP contribution in [0, 0.1) is 19.9 Å². The number of halogens is 10. The van der Waals surface area contributed by atoms with E-state index in [4.69, 9.17) is 0 Å². The molecular formula is C32H19F10IrN4-. The number of rotatable bonds is 6. The standard InChI is InChI=1S/C32H19F10N4.Ir/c1-17-13-18(2)15-22(14-17)24-6-4-3-5-23(24)19-7-9-20(10-8-19)25-12-11-21(16-43-25)26-44-27(29(33,34)31(37,38)39)46-28(45-26)30(35,36)32(40,41)42;/h3-9,11-16H,1-2H3;/q-1;. The van der Waals surface area contributed by atoms with Gasteiger partial charge >= 0.3 is 24.2 Å². The predicted octanol–water partition coefficient (Wildman–Crippen LogP) is 9.66. The van der Waals surface area contributed by atoms with Gasteiger partial charge in [0.25, 0.3) is 0 Å². The maximum absolute atomic E-state index is 14.0. The molecule has 0 saturated heterocycles. The maximum Gasteiger partial charge on any atom is 0.461 e. The van der Waals surface area contributed by atoms with Gasteiger partial charge in [-0.2, -0.15) is 43.9 Å². The van der Waals surface area contributed by atoms with E-state index in [2.05, 4.69) is 44.2 Å². The van der Waals surface area contributed by atoms with Crippen molar-refractivity contribution in [2.45, 2.75) is 38.0 Å². The molecule has 0 saturated carbocycles. The second-order valence-electron chi connectivity index (χ2n) is 10.3. The summed E-state index contributed by atoms with van der Waals surface area (Å²) < 4.78 is 134. The summed E-state index contributed by atoms with van der Waals surface area (Å²) in [7, 11) is 0. The van der Waals surface area contributed by atoms with Crippen molar-refractivity contribution in [1.29, 1.82) is 0 Å². The van der Waals surface area contributed by atoms with E-state index in [1.54, 1.807) is 18.2 Å². The molecule has 15 heteroatoms. The van der Waals surface area contributed by atoms with E-state index in [9.17, 15) is 43.9 Å². The Morgan fingerprint density at radius 1 is 0.574 bits per heavy atom. The quantitative estimate of drug-likeness (QED) is 0.126. The number of pyridine rings is 1. The molecule has 2 aromatic heterocycles. The van der Waals surface area contributed by atoms with Gasteiger partial charge in [-0.3, -0.25) is 0 Å². The summed E-state index contributed by atoms with van der Waals surface area (Å²) in [6.45, 7) is 3.99. The van der Waals surface area contributed by atoms with Crippen LogP contribution in [0.4, 0.5) is 43.9 Å². The molecule has 5 rings (SSSR count). The Bertz CT molecular complexity index is 1820. The van der Waals surface area contributed by atoms with Crippen LogP contribution < -0.4 is 0 Å². The van der Waals surface area contributed by atoms with Crippen LogP contribution in [0.1, 0.15) is 22.8 Å². The van der Waals surface area contributed by atoms with Gasteiger partial charge in [-0.05, 0) is 30.7 Å². The van der Waals surface area contributed by atoms with Gasteiger partial charge in [0.1, 0.15) is 0 Å². The molecular weight excluding hydrogens is 823 g/mol. The Kier molecular flexibility index (Phi) is 9.67. The topological polar surface area (TPSA) is 51.6 Å². The maximum atomic E-state index is 14.0. The van der Waals surface area contributed by atoms with E-state index >= 15 is 0 Å². The van der Waals surface area contributed by atoms with Crippen LogP contribution in [0.5, 0.6) is 0 Å². The molecule has 0 spiro atoms. The Morgan fingerprint density at radius 2 is 1.09 bits per heavy atom. The molecule has 0 aliphatic rings. The predicted molar refractivity (Wildman–Crippen MR) is 148 cm³/mol. The number of benzene rings is 3. The number of nitrogens with zero attached hydrogens (tertiary/aromatic N) is 4. The van der Waals surface area contributed by atoms with Gasteiger partial charge in [-0.15, -0.1) is 29.8 Å². The second kappa shape index (κ2) is 12.8. The third-order valence-electron chi connectivity index (χ3n) is 6.79. The van der Waals surface area contributed by atoms with Crippen LogP contribution in [-0.2, 0) is 32.0 Å². The number of alkyl halides is 10. The van der Waals surface area contributed by atoms with Gasteiger partial charge in [0.2, 0.25) is 11.6 Å². The van der Waals surface area contributed by atoms with Crippen molar-refractivity contribution in [2.75, 3.05) is 0 Å². The first-order valence-corrected chi connectivity index (χ1v) is 13.2. The Hall–Kier alpha value is -4.23. The molecule has 0 N–H and O–H groups in total. The molecule has 2 heterocycles. The summed E-state index contributed by atoms with van der Waals surface area (Å²) in [5.74, 6) is -18.5. The van der Waals surface area contributed by atoms with Crippen molar-refractivity contribution in [2.24, 2.45) is 0 Å². The van der Waals surface area contributed by atoms with Gasteiger partial charge in [0.15, 0.2) is 5.82 Å². The first kappa shape index (κ1) is 35.6. The minimum absolute atomic E-state index is 0. The van der Waals surface area contributed by atoms with Gasteiger partial charge in [0.05, 0.1) is 0 Å². The minimum Gasteiger partial charge on any atom is -0.304 e. The third-order valence-corrected chi connectivity index (χ3v) is 6.79. The second-order valence-corrected chi connectivity index (χ2v) is 10.3. The monoisotopic (exact) mass is 842 g/mol. The van der Waals surface area contributed by atoms with Gasteiger partial charge < -0.3 is 4.98 Å². The molecule has 0 unspecified atom stereocenters. The summed E-state index contributed by atoms with van der Waals surface area (Å²) >= 11 is 0. The van der Waals surface area contributed by atoms with Crippen LogP contribution in [0.3, 0.4) is 0 Å². The first-order chi connectivity index (χ1) is 21.4. The Morgan fingerprint density at radius 3 is 1.53 bits per heavy atom. The smallest absolute Gasteiger partial charge is 0.304 e. The van der Waals surface area contributed by atoms with Crippen LogP contribution in [0.25, 0.3) is 44.9 Å². The molecule has 0 bridgehead atoms. The van der Waals surface area contributed by atoms with Crippen molar-refractivity contribution in [3.8, 4) is 44.9 Å². The Balaban J connectivity index is 0.00000500. The van der Waals surface area contributed by atoms with Gasteiger partial charge in [-0.1, -0.05) is 76.9 Å². The van der Waals surface area contributed by atoms with Gasteiger partial charge in [-0.25, -0.2) is 15.0 Å². The number of aromatic nitrogens is 4. The van der Waals surface area contributed by atoms with E-state index in [-0.39, 0.29) is 25.8 Å². The van der Waals surface area contributed by atoms with E-state index in [0.717, 1.165) is 45.6 Å². The molecule has 47 heavy (non-hydrogen) atoms. The summed E-state index contributed by atoms with van der Waals surface area (Å²) in [4.78, 5) is 12.0. The SMILES string of the molecule is Cc1cc(C)cc(-c2ccccc2-c2c[c-]c(-c3ccc(-c4nc(C(F)(F)C(F)(F)F)nc(C(F)(F)C(F)(F)F)n4)cn3)cc2)c1.[Ir]. The average Bonchev–Trinajstić information content (AvgIpc) is 2.99. The van der Waals surface area contributed by atoms with Gasteiger partial charge in [0, 0.05) is 31.9 Å². The van der Waals surface area contributed by atoms with Crippen LogP contribution in [-0.4, -0.2) is 32.3 Å². The van der Waals surface area contributed by atoms with Crippen LogP contribution in [0.2, 0.25) is 0 Å². The van der Waals surface area contributed by atoms with Crippen molar-refractivity contribution < 1.29 is 64.0 Å². The fourth-order valence-electron chi connectivity index (χ4n) is 4.59. The van der Waals surface area contributed by atoms with Crippen molar-refractivity contribution >= 4 is 0 Å². The van der Waals surface area contributed by atoms with E-state index in [1.807, 2.05) is 38.1 Å². The molecule has 0 aliphatic carbocycles. The number of hydrogen-bond acceptors (Lipinski definition) is 4. The summed E-state index contributed by atoms with van der Waals surface area (Å²) in [6, 6.07) is 24.3. The third kappa shape index (κ3) is 7.05. The zero-order chi connectivity index (χ0) is 33.7. The molecule has 0 aliphatic heterocycles. The molecule has 0 atom stereocenters. The first-order valence-electron chi connectivity index (χ1n) is 13.2. The molecule has 247 valence electrons. The number of hydrogen-bond donors (Lipinski definition) is 0. The van der Waals surface area contributed by atoms with Crippen LogP contribution >= 0.6 is 0 Å². The summed E-state index contributed by atoms with van der Waals surface area (Å²) in [5, 5.41) is 0. The molecule has 1 radical (unpaired) electrons.